The molecule has 0 bridgehead atoms. The summed E-state index contributed by atoms with van der Waals surface area (Å²) in [4.78, 5) is 24.0. The fourth-order valence-electron chi connectivity index (χ4n) is 3.31. The van der Waals surface area contributed by atoms with E-state index in [2.05, 4.69) is 5.32 Å². The molecule has 1 saturated heterocycles. The first-order valence-electron chi connectivity index (χ1n) is 8.64. The van der Waals surface area contributed by atoms with Gasteiger partial charge in [-0.3, -0.25) is 4.79 Å². The first-order chi connectivity index (χ1) is 12.6. The maximum atomic E-state index is 12.5. The molecule has 1 amide bonds. The monoisotopic (exact) mass is 349 g/mol. The molecular formula is C21H19NO4. The molecule has 1 fully saturated rings. The Morgan fingerprint density at radius 1 is 1.12 bits per heavy atom. The van der Waals surface area contributed by atoms with Crippen molar-refractivity contribution in [3.63, 3.8) is 0 Å². The van der Waals surface area contributed by atoms with E-state index in [0.29, 0.717) is 22.8 Å². The Kier molecular flexibility index (Phi) is 4.31. The standard InChI is InChI=1S/C21H19NO4/c1-13-10-20(23)26-19-11-17(6-7-18(13)19)22-21(24)15-4-2-14(3-5-15)16-8-9-25-12-16/h2-7,10-11,16H,8-9,12H2,1H3,(H,22,24). The van der Waals surface area contributed by atoms with Crippen molar-refractivity contribution >= 4 is 22.6 Å². The molecule has 0 saturated carbocycles. The third-order valence-corrected chi connectivity index (χ3v) is 4.78. The van der Waals surface area contributed by atoms with Gasteiger partial charge in [0.15, 0.2) is 0 Å². The number of carbonyl (C=O) groups excluding carboxylic acids is 1. The summed E-state index contributed by atoms with van der Waals surface area (Å²) in [5.41, 5.74) is 3.28. The van der Waals surface area contributed by atoms with Gasteiger partial charge in [-0.15, -0.1) is 0 Å². The predicted molar refractivity (Wildman–Crippen MR) is 99.8 cm³/mol. The summed E-state index contributed by atoms with van der Waals surface area (Å²) in [6.07, 6.45) is 1.02. The minimum absolute atomic E-state index is 0.200. The van der Waals surface area contributed by atoms with Crippen LogP contribution in [0.3, 0.4) is 0 Å². The predicted octanol–water partition coefficient (Wildman–Crippen LogP) is 3.86. The number of rotatable bonds is 3. The molecule has 5 heteroatoms. The fraction of sp³-hybridized carbons (Fsp3) is 0.238. The van der Waals surface area contributed by atoms with Gasteiger partial charge in [-0.2, -0.15) is 0 Å². The number of benzene rings is 2. The largest absolute Gasteiger partial charge is 0.423 e. The second-order valence-electron chi connectivity index (χ2n) is 6.60. The van der Waals surface area contributed by atoms with Crippen LogP contribution in [0.5, 0.6) is 0 Å². The van der Waals surface area contributed by atoms with Gasteiger partial charge >= 0.3 is 5.63 Å². The zero-order valence-electron chi connectivity index (χ0n) is 14.5. The molecule has 4 rings (SSSR count). The van der Waals surface area contributed by atoms with Gasteiger partial charge in [-0.1, -0.05) is 12.1 Å². The highest BCUT2D eigenvalue weighted by molar-refractivity contribution is 6.05. The SMILES string of the molecule is Cc1cc(=O)oc2cc(NC(=O)c3ccc(C4CCOC4)cc3)ccc12. The molecule has 132 valence electrons. The van der Waals surface area contributed by atoms with Crippen molar-refractivity contribution < 1.29 is 13.9 Å². The lowest BCUT2D eigenvalue weighted by molar-refractivity contribution is 0.102. The molecule has 2 aromatic carbocycles. The summed E-state index contributed by atoms with van der Waals surface area (Å²) >= 11 is 0. The van der Waals surface area contributed by atoms with Crippen LogP contribution in [-0.2, 0) is 4.74 Å². The number of hydrogen-bond acceptors (Lipinski definition) is 4. The Hall–Kier alpha value is -2.92. The number of hydrogen-bond donors (Lipinski definition) is 1. The van der Waals surface area contributed by atoms with Crippen LogP contribution in [0.1, 0.15) is 33.8 Å². The van der Waals surface area contributed by atoms with Gasteiger partial charge < -0.3 is 14.5 Å². The second-order valence-corrected chi connectivity index (χ2v) is 6.60. The van der Waals surface area contributed by atoms with Crippen LogP contribution in [0, 0.1) is 6.92 Å². The third-order valence-electron chi connectivity index (χ3n) is 4.78. The molecule has 0 aliphatic carbocycles. The summed E-state index contributed by atoms with van der Waals surface area (Å²) < 4.78 is 10.6. The Bertz CT molecular complexity index is 1010. The van der Waals surface area contributed by atoms with Crippen molar-refractivity contribution in [2.75, 3.05) is 18.5 Å². The highest BCUT2D eigenvalue weighted by Gasteiger charge is 2.18. The van der Waals surface area contributed by atoms with Crippen LogP contribution in [0.15, 0.2) is 57.7 Å². The van der Waals surface area contributed by atoms with E-state index in [0.717, 1.165) is 30.6 Å². The molecule has 1 aromatic heterocycles. The van der Waals surface area contributed by atoms with E-state index in [1.165, 1.54) is 11.6 Å². The highest BCUT2D eigenvalue weighted by atomic mass is 16.5. The maximum absolute atomic E-state index is 12.5. The van der Waals surface area contributed by atoms with E-state index >= 15 is 0 Å². The molecule has 3 aromatic rings. The van der Waals surface area contributed by atoms with Crippen molar-refractivity contribution in [3.8, 4) is 0 Å². The van der Waals surface area contributed by atoms with Crippen molar-refractivity contribution in [3.05, 3.63) is 75.6 Å². The van der Waals surface area contributed by atoms with Crippen LogP contribution in [-0.4, -0.2) is 19.1 Å². The molecule has 26 heavy (non-hydrogen) atoms. The van der Waals surface area contributed by atoms with Gasteiger partial charge in [-0.05, 0) is 48.7 Å². The van der Waals surface area contributed by atoms with Crippen molar-refractivity contribution in [1.29, 1.82) is 0 Å². The van der Waals surface area contributed by atoms with E-state index < -0.39 is 5.63 Å². The molecule has 1 aliphatic heterocycles. The van der Waals surface area contributed by atoms with Crippen molar-refractivity contribution in [2.24, 2.45) is 0 Å². The van der Waals surface area contributed by atoms with Crippen LogP contribution in [0.2, 0.25) is 0 Å². The molecule has 1 atom stereocenters. The summed E-state index contributed by atoms with van der Waals surface area (Å²) in [6.45, 7) is 3.40. The van der Waals surface area contributed by atoms with Crippen LogP contribution in [0.4, 0.5) is 5.69 Å². The number of aryl methyl sites for hydroxylation is 1. The normalized spacial score (nSPS) is 16.7. The molecule has 0 spiro atoms. The minimum atomic E-state index is -0.398. The average molecular weight is 349 g/mol. The zero-order valence-corrected chi connectivity index (χ0v) is 14.5. The topological polar surface area (TPSA) is 68.5 Å². The smallest absolute Gasteiger partial charge is 0.336 e. The maximum Gasteiger partial charge on any atom is 0.336 e. The Balaban J connectivity index is 1.54. The highest BCUT2D eigenvalue weighted by Crippen LogP contribution is 2.25. The van der Waals surface area contributed by atoms with E-state index in [1.807, 2.05) is 37.3 Å². The number of ether oxygens (including phenoxy) is 1. The van der Waals surface area contributed by atoms with E-state index in [-0.39, 0.29) is 5.91 Å². The van der Waals surface area contributed by atoms with Gasteiger partial charge in [0.05, 0.1) is 6.61 Å². The lowest BCUT2D eigenvalue weighted by Crippen LogP contribution is -2.12. The summed E-state index contributed by atoms with van der Waals surface area (Å²) in [7, 11) is 0. The molecule has 1 N–H and O–H groups in total. The Morgan fingerprint density at radius 2 is 1.92 bits per heavy atom. The van der Waals surface area contributed by atoms with E-state index in [9.17, 15) is 9.59 Å². The second kappa shape index (κ2) is 6.77. The van der Waals surface area contributed by atoms with E-state index in [4.69, 9.17) is 9.15 Å². The lowest BCUT2D eigenvalue weighted by Gasteiger charge is -2.10. The number of carbonyl (C=O) groups is 1. The lowest BCUT2D eigenvalue weighted by atomic mass is 9.97. The van der Waals surface area contributed by atoms with Crippen LogP contribution >= 0.6 is 0 Å². The van der Waals surface area contributed by atoms with Gasteiger partial charge in [0.1, 0.15) is 5.58 Å². The molecule has 2 heterocycles. The summed E-state index contributed by atoms with van der Waals surface area (Å²) in [5, 5.41) is 3.71. The van der Waals surface area contributed by atoms with Crippen molar-refractivity contribution in [1.82, 2.24) is 0 Å². The molecular weight excluding hydrogens is 330 g/mol. The summed E-state index contributed by atoms with van der Waals surface area (Å²) in [6, 6.07) is 14.4. The Morgan fingerprint density at radius 3 is 2.65 bits per heavy atom. The van der Waals surface area contributed by atoms with Gasteiger partial charge in [0.2, 0.25) is 0 Å². The first-order valence-corrected chi connectivity index (χ1v) is 8.64. The van der Waals surface area contributed by atoms with Gasteiger partial charge in [0, 0.05) is 41.3 Å². The Labute approximate surface area is 150 Å². The fourth-order valence-corrected chi connectivity index (χ4v) is 3.31. The molecule has 0 radical (unpaired) electrons. The number of nitrogens with one attached hydrogen (secondary N) is 1. The minimum Gasteiger partial charge on any atom is -0.423 e. The third kappa shape index (κ3) is 3.26. The number of amides is 1. The first kappa shape index (κ1) is 16.5. The molecule has 1 unspecified atom stereocenters. The van der Waals surface area contributed by atoms with Crippen LogP contribution < -0.4 is 10.9 Å². The number of anilines is 1. The van der Waals surface area contributed by atoms with Crippen molar-refractivity contribution in [2.45, 2.75) is 19.3 Å². The molecule has 1 aliphatic rings. The van der Waals surface area contributed by atoms with Gasteiger partial charge in [0.25, 0.3) is 5.91 Å². The average Bonchev–Trinajstić information content (AvgIpc) is 3.16. The van der Waals surface area contributed by atoms with Gasteiger partial charge in [-0.25, -0.2) is 4.79 Å². The quantitative estimate of drug-likeness (QED) is 0.729. The number of fused-ring (bicyclic) bond motifs is 1. The molecule has 5 nitrogen and oxygen atoms in total. The zero-order chi connectivity index (χ0) is 18.1. The van der Waals surface area contributed by atoms with Crippen LogP contribution in [0.25, 0.3) is 11.0 Å². The van der Waals surface area contributed by atoms with E-state index in [1.54, 1.807) is 12.1 Å². The summed E-state index contributed by atoms with van der Waals surface area (Å²) in [5.74, 6) is 0.215.